The van der Waals surface area contributed by atoms with Gasteiger partial charge >= 0.3 is 5.97 Å². The number of carbonyl (C=O) groups is 1. The summed E-state index contributed by atoms with van der Waals surface area (Å²) < 4.78 is 15.1. The maximum Gasteiger partial charge on any atom is 0.326 e. The van der Waals surface area contributed by atoms with E-state index in [2.05, 4.69) is 16.0 Å². The fraction of sp³-hybridized carbons (Fsp3) is 0.567. The van der Waals surface area contributed by atoms with E-state index in [1.807, 2.05) is 31.3 Å². The highest BCUT2D eigenvalue weighted by Gasteiger charge is 2.29. The molecule has 2 atom stereocenters. The monoisotopic (exact) mass is 536 g/mol. The molecule has 1 aliphatic heterocycles. The Balaban J connectivity index is 1.43. The average molecular weight is 537 g/mol. The number of imidazole rings is 1. The van der Waals surface area contributed by atoms with Crippen LogP contribution in [0.25, 0.3) is 22.4 Å². The first kappa shape index (κ1) is 27.6. The van der Waals surface area contributed by atoms with E-state index in [0.29, 0.717) is 18.0 Å². The number of nitrogens with one attached hydrogen (secondary N) is 1. The molecule has 5 rings (SSSR count). The minimum atomic E-state index is -0.874. The van der Waals surface area contributed by atoms with Crippen molar-refractivity contribution in [2.24, 2.45) is 13.0 Å². The van der Waals surface area contributed by atoms with Gasteiger partial charge < -0.3 is 23.7 Å². The lowest BCUT2D eigenvalue weighted by atomic mass is 10.00. The molecule has 39 heavy (non-hydrogen) atoms. The summed E-state index contributed by atoms with van der Waals surface area (Å²) in [5.74, 6) is 0.910. The predicted octanol–water partition coefficient (Wildman–Crippen LogP) is 3.46. The number of nitrogens with zero attached hydrogens (tertiary/aromatic N) is 3. The maximum atomic E-state index is 12.8. The molecule has 1 saturated carbocycles. The molecule has 3 aromatic rings. The molecule has 0 spiro atoms. The third kappa shape index (κ3) is 6.26. The van der Waals surface area contributed by atoms with Crippen LogP contribution < -0.4 is 10.9 Å². The molecular formula is C30H40N4O5. The van der Waals surface area contributed by atoms with E-state index >= 15 is 0 Å². The summed E-state index contributed by atoms with van der Waals surface area (Å²) in [5.41, 5.74) is 4.43. The van der Waals surface area contributed by atoms with Crippen molar-refractivity contribution in [3.63, 3.8) is 0 Å². The smallest absolute Gasteiger partial charge is 0.326 e. The molecule has 2 fully saturated rings. The van der Waals surface area contributed by atoms with Crippen LogP contribution in [0.4, 0.5) is 0 Å². The van der Waals surface area contributed by atoms with Gasteiger partial charge in [0.05, 0.1) is 17.1 Å². The van der Waals surface area contributed by atoms with E-state index in [1.54, 1.807) is 18.5 Å². The van der Waals surface area contributed by atoms with Gasteiger partial charge in [-0.15, -0.1) is 0 Å². The van der Waals surface area contributed by atoms with Crippen LogP contribution in [0.15, 0.2) is 35.3 Å². The third-order valence-electron chi connectivity index (χ3n) is 8.06. The molecule has 2 N–H and O–H groups in total. The van der Waals surface area contributed by atoms with Crippen LogP contribution in [0.3, 0.4) is 0 Å². The zero-order valence-corrected chi connectivity index (χ0v) is 23.2. The lowest BCUT2D eigenvalue weighted by Crippen LogP contribution is -2.46. The van der Waals surface area contributed by atoms with Crippen LogP contribution in [0, 0.1) is 12.8 Å². The molecule has 9 nitrogen and oxygen atoms in total. The first-order chi connectivity index (χ1) is 18.8. The number of aromatic nitrogens is 3. The van der Waals surface area contributed by atoms with Crippen LogP contribution in [-0.4, -0.2) is 56.7 Å². The quantitative estimate of drug-likeness (QED) is 0.403. The fourth-order valence-corrected chi connectivity index (χ4v) is 5.79. The second-order valence-electron chi connectivity index (χ2n) is 11.2. The Kier molecular flexibility index (Phi) is 8.49. The van der Waals surface area contributed by atoms with Crippen LogP contribution in [0.5, 0.6) is 0 Å². The summed E-state index contributed by atoms with van der Waals surface area (Å²) in [6, 6.07) is 7.22. The molecule has 2 aromatic heterocycles. The van der Waals surface area contributed by atoms with Crippen molar-refractivity contribution in [3.8, 4) is 11.4 Å². The number of esters is 1. The van der Waals surface area contributed by atoms with Crippen molar-refractivity contribution >= 4 is 17.0 Å². The normalized spacial score (nSPS) is 18.5. The molecule has 1 aliphatic carbocycles. The number of benzene rings is 1. The van der Waals surface area contributed by atoms with Gasteiger partial charge in [0.15, 0.2) is 0 Å². The van der Waals surface area contributed by atoms with Gasteiger partial charge in [0.2, 0.25) is 0 Å². The summed E-state index contributed by atoms with van der Waals surface area (Å²) in [6.07, 6.45) is 6.85. The van der Waals surface area contributed by atoms with Gasteiger partial charge in [-0.3, -0.25) is 14.9 Å². The minimum absolute atomic E-state index is 0.0154. The standard InChI is InChI=1S/C30H40N4O5/c1-19-14-23(18-33(3)29(19)36)28-32-25-9-8-22(15-26(25)34(28)17-21-10-12-38-13-11-21)16-31-27(20(2)35)30(37)39-24-6-4-5-7-24/h8-9,14-15,18,20-21,24,27,31,35H,4-7,10-13,16-17H2,1-3H3/t20-,27+/m1/s1. The summed E-state index contributed by atoms with van der Waals surface area (Å²) >= 11 is 0. The third-order valence-corrected chi connectivity index (χ3v) is 8.06. The fourth-order valence-electron chi connectivity index (χ4n) is 5.79. The van der Waals surface area contributed by atoms with Gasteiger partial charge in [0, 0.05) is 50.7 Å². The highest BCUT2D eigenvalue weighted by Crippen LogP contribution is 2.29. The van der Waals surface area contributed by atoms with E-state index in [4.69, 9.17) is 14.5 Å². The number of hydrogen-bond donors (Lipinski definition) is 2. The zero-order valence-electron chi connectivity index (χ0n) is 23.2. The number of aliphatic hydroxyl groups excluding tert-OH is 1. The number of pyridine rings is 1. The number of hydrogen-bond acceptors (Lipinski definition) is 7. The van der Waals surface area contributed by atoms with Gasteiger partial charge in [0.25, 0.3) is 5.56 Å². The molecule has 1 saturated heterocycles. The van der Waals surface area contributed by atoms with Crippen molar-refractivity contribution < 1.29 is 19.4 Å². The molecule has 3 heterocycles. The number of aliphatic hydroxyl groups is 1. The molecule has 0 radical (unpaired) electrons. The Hall–Kier alpha value is -3.01. The summed E-state index contributed by atoms with van der Waals surface area (Å²) in [5, 5.41) is 13.5. The van der Waals surface area contributed by atoms with Gasteiger partial charge in [0.1, 0.15) is 18.0 Å². The first-order valence-electron chi connectivity index (χ1n) is 14.2. The summed E-state index contributed by atoms with van der Waals surface area (Å²) in [6.45, 7) is 6.18. The minimum Gasteiger partial charge on any atom is -0.461 e. The van der Waals surface area contributed by atoms with Crippen molar-refractivity contribution in [2.75, 3.05) is 13.2 Å². The lowest BCUT2D eigenvalue weighted by Gasteiger charge is -2.24. The second kappa shape index (κ2) is 12.0. The van der Waals surface area contributed by atoms with Crippen LogP contribution in [-0.2, 0) is 34.4 Å². The van der Waals surface area contributed by atoms with Gasteiger partial charge in [-0.2, -0.15) is 0 Å². The Bertz CT molecular complexity index is 1340. The number of fused-ring (bicyclic) bond motifs is 1. The molecular weight excluding hydrogens is 496 g/mol. The SMILES string of the molecule is Cc1cc(-c2nc3ccc(CN[C@H](C(=O)OC4CCCC4)[C@@H](C)O)cc3n2CC2CCOCC2)cn(C)c1=O. The van der Waals surface area contributed by atoms with Crippen molar-refractivity contribution in [1.82, 2.24) is 19.4 Å². The van der Waals surface area contributed by atoms with Gasteiger partial charge in [-0.1, -0.05) is 6.07 Å². The van der Waals surface area contributed by atoms with E-state index in [9.17, 15) is 14.7 Å². The number of aryl methyl sites for hydroxylation is 2. The highest BCUT2D eigenvalue weighted by atomic mass is 16.5. The molecule has 9 heteroatoms. The summed E-state index contributed by atoms with van der Waals surface area (Å²) in [4.78, 5) is 30.1. The van der Waals surface area contributed by atoms with Crippen molar-refractivity contribution in [2.45, 2.75) is 83.7 Å². The number of carbonyl (C=O) groups excluding carboxylic acids is 1. The van der Waals surface area contributed by atoms with E-state index in [-0.39, 0.29) is 11.7 Å². The largest absolute Gasteiger partial charge is 0.461 e. The molecule has 0 amide bonds. The molecule has 0 bridgehead atoms. The zero-order chi connectivity index (χ0) is 27.5. The lowest BCUT2D eigenvalue weighted by molar-refractivity contribution is -0.154. The molecule has 210 valence electrons. The van der Waals surface area contributed by atoms with E-state index in [0.717, 1.165) is 86.3 Å². The van der Waals surface area contributed by atoms with E-state index < -0.39 is 18.1 Å². The highest BCUT2D eigenvalue weighted by molar-refractivity contribution is 5.81. The Morgan fingerprint density at radius 3 is 2.64 bits per heavy atom. The van der Waals surface area contributed by atoms with Crippen LogP contribution in [0.2, 0.25) is 0 Å². The Labute approximate surface area is 229 Å². The summed E-state index contributed by atoms with van der Waals surface area (Å²) in [7, 11) is 1.77. The average Bonchev–Trinajstić information content (AvgIpc) is 3.55. The van der Waals surface area contributed by atoms with Gasteiger partial charge in [-0.05, 0) is 82.1 Å². The maximum absolute atomic E-state index is 12.8. The van der Waals surface area contributed by atoms with Gasteiger partial charge in [-0.25, -0.2) is 4.98 Å². The van der Waals surface area contributed by atoms with Crippen LogP contribution in [0.1, 0.15) is 56.6 Å². The molecule has 1 aromatic carbocycles. The van der Waals surface area contributed by atoms with E-state index in [1.165, 1.54) is 0 Å². The topological polar surface area (TPSA) is 108 Å². The number of ether oxygens (including phenoxy) is 2. The predicted molar refractivity (Wildman–Crippen MR) is 149 cm³/mol. The van der Waals surface area contributed by atoms with Crippen molar-refractivity contribution in [1.29, 1.82) is 0 Å². The molecule has 2 aliphatic rings. The Morgan fingerprint density at radius 1 is 1.21 bits per heavy atom. The first-order valence-corrected chi connectivity index (χ1v) is 14.2. The van der Waals surface area contributed by atoms with Crippen molar-refractivity contribution in [3.05, 3.63) is 51.9 Å². The Morgan fingerprint density at radius 2 is 1.95 bits per heavy atom. The number of rotatable bonds is 9. The second-order valence-corrected chi connectivity index (χ2v) is 11.2. The molecule has 0 unspecified atom stereocenters. The van der Waals surface area contributed by atoms with Crippen LogP contribution >= 0.6 is 0 Å².